The molecule has 5 rings (SSSR count). The molecule has 2 N–H and O–H groups in total. The maximum atomic E-state index is 9.77. The van der Waals surface area contributed by atoms with Gasteiger partial charge >= 0.3 is 0 Å². The van der Waals surface area contributed by atoms with Crippen molar-refractivity contribution in [1.29, 1.82) is 0 Å². The Bertz CT molecular complexity index is 1320. The van der Waals surface area contributed by atoms with Gasteiger partial charge in [-0.05, 0) is 56.3 Å². The third-order valence-electron chi connectivity index (χ3n) is 5.44. The molecule has 0 fully saturated rings. The molecule has 5 aromatic rings. The number of hydrogen-bond donors (Lipinski definition) is 2. The number of rotatable bonds is 3. The molecule has 0 bridgehead atoms. The summed E-state index contributed by atoms with van der Waals surface area (Å²) in [5, 5.41) is 22.0. The van der Waals surface area contributed by atoms with Crippen molar-refractivity contribution in [3.8, 4) is 44.9 Å². The average molecular weight is 388 g/mol. The van der Waals surface area contributed by atoms with Gasteiger partial charge in [0, 0.05) is 6.07 Å². The van der Waals surface area contributed by atoms with Gasteiger partial charge in [-0.1, -0.05) is 91.0 Å². The normalized spacial score (nSPS) is 10.9. The number of aromatic hydroxyl groups is 2. The Kier molecular flexibility index (Phi) is 4.45. The van der Waals surface area contributed by atoms with Crippen molar-refractivity contribution in [1.82, 2.24) is 0 Å². The molecule has 0 radical (unpaired) electrons. The van der Waals surface area contributed by atoms with Crippen LogP contribution in [-0.4, -0.2) is 10.2 Å². The molecule has 0 spiro atoms. The van der Waals surface area contributed by atoms with Crippen LogP contribution >= 0.6 is 0 Å². The van der Waals surface area contributed by atoms with Crippen molar-refractivity contribution >= 4 is 10.8 Å². The summed E-state index contributed by atoms with van der Waals surface area (Å²) in [6.07, 6.45) is 0. The highest BCUT2D eigenvalue weighted by atomic mass is 16.3. The minimum absolute atomic E-state index is 0.0524. The lowest BCUT2D eigenvalue weighted by molar-refractivity contribution is 0.451. The maximum absolute atomic E-state index is 9.77. The van der Waals surface area contributed by atoms with Gasteiger partial charge in [0.15, 0.2) is 0 Å². The lowest BCUT2D eigenvalue weighted by atomic mass is 9.91. The summed E-state index contributed by atoms with van der Waals surface area (Å²) in [5.74, 6) is 0.105. The molecule has 2 heteroatoms. The Hall–Kier alpha value is -4.04. The minimum Gasteiger partial charge on any atom is -0.508 e. The van der Waals surface area contributed by atoms with Crippen LogP contribution in [0.3, 0.4) is 0 Å². The predicted molar refractivity (Wildman–Crippen MR) is 124 cm³/mol. The van der Waals surface area contributed by atoms with Gasteiger partial charge < -0.3 is 10.2 Å². The van der Waals surface area contributed by atoms with Gasteiger partial charge in [0.05, 0.1) is 0 Å². The second kappa shape index (κ2) is 7.41. The zero-order valence-electron chi connectivity index (χ0n) is 16.3. The number of benzene rings is 5. The van der Waals surface area contributed by atoms with Crippen LogP contribution in [0.25, 0.3) is 44.2 Å². The first-order chi connectivity index (χ1) is 14.7. The molecule has 0 aliphatic heterocycles. The molecule has 144 valence electrons. The summed E-state index contributed by atoms with van der Waals surface area (Å²) < 4.78 is 0. The van der Waals surface area contributed by atoms with Gasteiger partial charge in [0.2, 0.25) is 0 Å². The van der Waals surface area contributed by atoms with Crippen LogP contribution in [0.15, 0.2) is 109 Å². The van der Waals surface area contributed by atoms with Crippen molar-refractivity contribution in [2.75, 3.05) is 0 Å². The fourth-order valence-electron chi connectivity index (χ4n) is 4.02. The molecular weight excluding hydrogens is 368 g/mol. The molecule has 5 aromatic carbocycles. The quantitative estimate of drug-likeness (QED) is 0.342. The van der Waals surface area contributed by atoms with E-state index in [0.29, 0.717) is 0 Å². The number of fused-ring (bicyclic) bond motifs is 1. The van der Waals surface area contributed by atoms with E-state index in [1.165, 1.54) is 33.5 Å². The van der Waals surface area contributed by atoms with E-state index < -0.39 is 0 Å². The summed E-state index contributed by atoms with van der Waals surface area (Å²) >= 11 is 0. The zero-order valence-corrected chi connectivity index (χ0v) is 16.3. The van der Waals surface area contributed by atoms with Crippen LogP contribution in [0.4, 0.5) is 0 Å². The van der Waals surface area contributed by atoms with Crippen LogP contribution in [-0.2, 0) is 0 Å². The van der Waals surface area contributed by atoms with Gasteiger partial charge in [-0.15, -0.1) is 0 Å². The van der Waals surface area contributed by atoms with Gasteiger partial charge in [-0.2, -0.15) is 0 Å². The summed E-state index contributed by atoms with van der Waals surface area (Å²) in [5.41, 5.74) is 6.45. The number of hydrogen-bond acceptors (Lipinski definition) is 2. The van der Waals surface area contributed by atoms with Gasteiger partial charge in [-0.25, -0.2) is 0 Å². The van der Waals surface area contributed by atoms with E-state index in [4.69, 9.17) is 0 Å². The van der Waals surface area contributed by atoms with Crippen LogP contribution in [0, 0.1) is 0 Å². The van der Waals surface area contributed by atoms with E-state index in [1.807, 2.05) is 18.2 Å². The van der Waals surface area contributed by atoms with Gasteiger partial charge in [0.1, 0.15) is 11.5 Å². The Morgan fingerprint density at radius 2 is 0.833 bits per heavy atom. The van der Waals surface area contributed by atoms with Crippen LogP contribution in [0.1, 0.15) is 0 Å². The molecule has 0 unspecified atom stereocenters. The Morgan fingerprint density at radius 1 is 0.367 bits per heavy atom. The van der Waals surface area contributed by atoms with Crippen molar-refractivity contribution in [2.45, 2.75) is 0 Å². The van der Waals surface area contributed by atoms with E-state index in [9.17, 15) is 10.2 Å². The van der Waals surface area contributed by atoms with E-state index in [-0.39, 0.29) is 11.5 Å². The molecule has 0 amide bonds. The lowest BCUT2D eigenvalue weighted by Crippen LogP contribution is -1.86. The van der Waals surface area contributed by atoms with E-state index in [2.05, 4.69) is 72.8 Å². The average Bonchev–Trinajstić information content (AvgIpc) is 2.78. The molecule has 0 aromatic heterocycles. The van der Waals surface area contributed by atoms with E-state index in [1.54, 1.807) is 12.1 Å². The smallest absolute Gasteiger partial charge is 0.119 e. The standard InChI is InChI=1S/C28H20O2/c29-23-16-22(17-24(30)18-23)19-10-12-21(13-11-19)26-15-14-25(20-6-2-1-3-7-20)27-8-4-5-9-28(26)27/h1-18,29-30H. The summed E-state index contributed by atoms with van der Waals surface area (Å²) in [7, 11) is 0. The molecular formula is C28H20O2. The van der Waals surface area contributed by atoms with Crippen LogP contribution in [0.2, 0.25) is 0 Å². The molecule has 0 aliphatic rings. The van der Waals surface area contributed by atoms with E-state index in [0.717, 1.165) is 16.7 Å². The summed E-state index contributed by atoms with van der Waals surface area (Å²) in [6, 6.07) is 36.1. The second-order valence-corrected chi connectivity index (χ2v) is 7.39. The van der Waals surface area contributed by atoms with Crippen molar-refractivity contribution in [3.63, 3.8) is 0 Å². The fourth-order valence-corrected chi connectivity index (χ4v) is 4.02. The number of phenolic OH excluding ortho intramolecular Hbond substituents is 2. The second-order valence-electron chi connectivity index (χ2n) is 7.39. The van der Waals surface area contributed by atoms with Crippen LogP contribution in [0.5, 0.6) is 11.5 Å². The Morgan fingerprint density at radius 3 is 1.40 bits per heavy atom. The third-order valence-corrected chi connectivity index (χ3v) is 5.44. The SMILES string of the molecule is Oc1cc(O)cc(-c2ccc(-c3ccc(-c4ccccc4)c4ccccc34)cc2)c1. The fraction of sp³-hybridized carbons (Fsp3) is 0. The topological polar surface area (TPSA) is 40.5 Å². The predicted octanol–water partition coefficient (Wildman–Crippen LogP) is 7.25. The zero-order chi connectivity index (χ0) is 20.5. The number of phenols is 2. The minimum atomic E-state index is 0.0524. The molecule has 0 aliphatic carbocycles. The maximum Gasteiger partial charge on any atom is 0.119 e. The molecule has 0 atom stereocenters. The monoisotopic (exact) mass is 388 g/mol. The first-order valence-corrected chi connectivity index (χ1v) is 9.90. The Balaban J connectivity index is 1.60. The highest BCUT2D eigenvalue weighted by molar-refractivity contribution is 6.05. The third kappa shape index (κ3) is 3.29. The van der Waals surface area contributed by atoms with Gasteiger partial charge in [0.25, 0.3) is 0 Å². The van der Waals surface area contributed by atoms with Crippen molar-refractivity contribution in [2.24, 2.45) is 0 Å². The molecule has 2 nitrogen and oxygen atoms in total. The molecule has 0 saturated carbocycles. The Labute approximate surface area is 175 Å². The first kappa shape index (κ1) is 18.0. The molecule has 30 heavy (non-hydrogen) atoms. The van der Waals surface area contributed by atoms with Crippen molar-refractivity contribution < 1.29 is 10.2 Å². The molecule has 0 saturated heterocycles. The van der Waals surface area contributed by atoms with E-state index >= 15 is 0 Å². The highest BCUT2D eigenvalue weighted by Crippen LogP contribution is 2.36. The summed E-state index contributed by atoms with van der Waals surface area (Å²) in [6.45, 7) is 0. The highest BCUT2D eigenvalue weighted by Gasteiger charge is 2.10. The first-order valence-electron chi connectivity index (χ1n) is 9.90. The summed E-state index contributed by atoms with van der Waals surface area (Å²) in [4.78, 5) is 0. The van der Waals surface area contributed by atoms with Crippen LogP contribution < -0.4 is 0 Å². The van der Waals surface area contributed by atoms with Crippen molar-refractivity contribution in [3.05, 3.63) is 109 Å². The lowest BCUT2D eigenvalue weighted by Gasteiger charge is -2.13. The van der Waals surface area contributed by atoms with Gasteiger partial charge in [-0.3, -0.25) is 0 Å². The molecule has 0 heterocycles. The largest absolute Gasteiger partial charge is 0.508 e.